The zero-order valence-electron chi connectivity index (χ0n) is 11.6. The molecule has 1 amide bonds. The number of hydrogen-bond acceptors (Lipinski definition) is 3. The first-order chi connectivity index (χ1) is 7.99. The molecule has 17 heavy (non-hydrogen) atoms. The van der Waals surface area contributed by atoms with Crippen molar-refractivity contribution in [2.45, 2.75) is 33.2 Å². The molecule has 1 aliphatic rings. The lowest BCUT2D eigenvalue weighted by Crippen LogP contribution is -2.42. The highest BCUT2D eigenvalue weighted by atomic mass is 16.1. The van der Waals surface area contributed by atoms with E-state index < -0.39 is 0 Å². The number of carbonyl (C=O) groups is 1. The highest BCUT2D eigenvalue weighted by Crippen LogP contribution is 2.12. The highest BCUT2D eigenvalue weighted by Gasteiger charge is 2.19. The van der Waals surface area contributed by atoms with Crippen molar-refractivity contribution < 1.29 is 4.79 Å². The Labute approximate surface area is 105 Å². The first-order valence-corrected chi connectivity index (χ1v) is 6.67. The van der Waals surface area contributed by atoms with E-state index in [-0.39, 0.29) is 11.9 Å². The van der Waals surface area contributed by atoms with Crippen LogP contribution in [-0.2, 0) is 4.79 Å². The Hall–Kier alpha value is -0.610. The van der Waals surface area contributed by atoms with E-state index in [1.54, 1.807) is 0 Å². The van der Waals surface area contributed by atoms with Gasteiger partial charge < -0.3 is 15.5 Å². The molecule has 0 aliphatic carbocycles. The summed E-state index contributed by atoms with van der Waals surface area (Å²) in [5, 5.41) is 6.25. The van der Waals surface area contributed by atoms with Gasteiger partial charge in [-0.05, 0) is 45.3 Å². The van der Waals surface area contributed by atoms with Gasteiger partial charge in [-0.15, -0.1) is 0 Å². The normalized spacial score (nSPS) is 23.0. The number of carbonyl (C=O) groups excluding carboxylic acids is 1. The van der Waals surface area contributed by atoms with Gasteiger partial charge in [-0.2, -0.15) is 0 Å². The van der Waals surface area contributed by atoms with E-state index >= 15 is 0 Å². The van der Waals surface area contributed by atoms with Crippen LogP contribution in [0.5, 0.6) is 0 Å². The van der Waals surface area contributed by atoms with E-state index in [4.69, 9.17) is 0 Å². The second-order valence-electron chi connectivity index (χ2n) is 5.65. The lowest BCUT2D eigenvalue weighted by molar-refractivity contribution is -0.121. The van der Waals surface area contributed by atoms with E-state index in [0.29, 0.717) is 18.4 Å². The van der Waals surface area contributed by atoms with Gasteiger partial charge in [0.05, 0.1) is 6.54 Å². The molecule has 0 aromatic rings. The molecule has 2 N–H and O–H groups in total. The van der Waals surface area contributed by atoms with Crippen molar-refractivity contribution in [3.05, 3.63) is 0 Å². The maximum atomic E-state index is 11.6. The molecule has 100 valence electrons. The molecule has 0 aromatic heterocycles. The Kier molecular flexibility index (Phi) is 5.92. The van der Waals surface area contributed by atoms with Crippen LogP contribution in [0.15, 0.2) is 0 Å². The molecular formula is C13H27N3O. The lowest BCUT2D eigenvalue weighted by Gasteiger charge is -2.18. The third-order valence-corrected chi connectivity index (χ3v) is 3.60. The fourth-order valence-corrected chi connectivity index (χ4v) is 2.05. The lowest BCUT2D eigenvalue weighted by atomic mass is 10.1. The molecule has 1 aliphatic heterocycles. The largest absolute Gasteiger partial charge is 0.352 e. The van der Waals surface area contributed by atoms with Crippen LogP contribution >= 0.6 is 0 Å². The molecule has 1 rings (SSSR count). The Morgan fingerprint density at radius 1 is 1.41 bits per heavy atom. The average molecular weight is 241 g/mol. The highest BCUT2D eigenvalue weighted by molar-refractivity contribution is 5.78. The quantitative estimate of drug-likeness (QED) is 0.719. The maximum Gasteiger partial charge on any atom is 0.234 e. The molecule has 0 bridgehead atoms. The summed E-state index contributed by atoms with van der Waals surface area (Å²) in [5.41, 5.74) is 0. The van der Waals surface area contributed by atoms with Gasteiger partial charge in [0, 0.05) is 12.6 Å². The third kappa shape index (κ3) is 5.50. The van der Waals surface area contributed by atoms with E-state index in [1.807, 2.05) is 0 Å². The van der Waals surface area contributed by atoms with Crippen LogP contribution in [0.25, 0.3) is 0 Å². The molecule has 0 aromatic carbocycles. The average Bonchev–Trinajstić information content (AvgIpc) is 2.64. The first kappa shape index (κ1) is 14.5. The monoisotopic (exact) mass is 241 g/mol. The molecule has 0 radical (unpaired) electrons. The van der Waals surface area contributed by atoms with Crippen LogP contribution in [0.1, 0.15) is 27.2 Å². The fourth-order valence-electron chi connectivity index (χ4n) is 2.05. The van der Waals surface area contributed by atoms with Gasteiger partial charge in [0.15, 0.2) is 0 Å². The van der Waals surface area contributed by atoms with Crippen LogP contribution < -0.4 is 10.6 Å². The molecule has 4 heteroatoms. The standard InChI is InChI=1S/C13H27N3O/c1-10(2)11(3)15-13(17)8-14-7-12-5-6-16(4)9-12/h10-12,14H,5-9H2,1-4H3,(H,15,17). The second kappa shape index (κ2) is 6.97. The summed E-state index contributed by atoms with van der Waals surface area (Å²) in [6.07, 6.45) is 1.24. The summed E-state index contributed by atoms with van der Waals surface area (Å²) >= 11 is 0. The number of rotatable bonds is 6. The third-order valence-electron chi connectivity index (χ3n) is 3.60. The predicted octanol–water partition coefficient (Wildman–Crippen LogP) is 0.688. The fraction of sp³-hybridized carbons (Fsp3) is 0.923. The van der Waals surface area contributed by atoms with Gasteiger partial charge in [0.2, 0.25) is 5.91 Å². The van der Waals surface area contributed by atoms with E-state index in [9.17, 15) is 4.79 Å². The van der Waals surface area contributed by atoms with Gasteiger partial charge >= 0.3 is 0 Å². The summed E-state index contributed by atoms with van der Waals surface area (Å²) in [5.74, 6) is 1.30. The van der Waals surface area contributed by atoms with Gasteiger partial charge in [-0.3, -0.25) is 4.79 Å². The number of hydrogen-bond donors (Lipinski definition) is 2. The van der Waals surface area contributed by atoms with Crippen LogP contribution in [0, 0.1) is 11.8 Å². The summed E-state index contributed by atoms with van der Waals surface area (Å²) in [4.78, 5) is 14.0. The van der Waals surface area contributed by atoms with Gasteiger partial charge in [-0.25, -0.2) is 0 Å². The molecule has 0 spiro atoms. The van der Waals surface area contributed by atoms with Crippen LogP contribution in [-0.4, -0.2) is 50.1 Å². The molecule has 2 atom stereocenters. The number of amides is 1. The number of nitrogens with zero attached hydrogens (tertiary/aromatic N) is 1. The van der Waals surface area contributed by atoms with Crippen molar-refractivity contribution in [1.82, 2.24) is 15.5 Å². The van der Waals surface area contributed by atoms with Crippen molar-refractivity contribution >= 4 is 5.91 Å². The summed E-state index contributed by atoms with van der Waals surface area (Å²) < 4.78 is 0. The first-order valence-electron chi connectivity index (χ1n) is 6.67. The molecule has 1 saturated heterocycles. The van der Waals surface area contributed by atoms with Crippen LogP contribution in [0.3, 0.4) is 0 Å². The molecule has 1 fully saturated rings. The van der Waals surface area contributed by atoms with Crippen molar-refractivity contribution in [1.29, 1.82) is 0 Å². The van der Waals surface area contributed by atoms with Gasteiger partial charge in [0.25, 0.3) is 0 Å². The molecule has 1 heterocycles. The van der Waals surface area contributed by atoms with E-state index in [2.05, 4.69) is 43.4 Å². The smallest absolute Gasteiger partial charge is 0.234 e. The van der Waals surface area contributed by atoms with Gasteiger partial charge in [-0.1, -0.05) is 13.8 Å². The topological polar surface area (TPSA) is 44.4 Å². The predicted molar refractivity (Wildman–Crippen MR) is 70.9 cm³/mol. The SMILES string of the molecule is CC(C)C(C)NC(=O)CNCC1CCN(C)C1. The van der Waals surface area contributed by atoms with Crippen molar-refractivity contribution in [2.75, 3.05) is 33.2 Å². The molecule has 0 saturated carbocycles. The molecule has 4 nitrogen and oxygen atoms in total. The summed E-state index contributed by atoms with van der Waals surface area (Å²) in [6, 6.07) is 0.252. The summed E-state index contributed by atoms with van der Waals surface area (Å²) in [7, 11) is 2.15. The zero-order chi connectivity index (χ0) is 12.8. The zero-order valence-corrected chi connectivity index (χ0v) is 11.6. The van der Waals surface area contributed by atoms with E-state index in [0.717, 1.165) is 13.1 Å². The van der Waals surface area contributed by atoms with Crippen molar-refractivity contribution in [3.8, 4) is 0 Å². The minimum Gasteiger partial charge on any atom is -0.352 e. The van der Waals surface area contributed by atoms with E-state index in [1.165, 1.54) is 13.0 Å². The summed E-state index contributed by atoms with van der Waals surface area (Å²) in [6.45, 7) is 10.0. The Balaban J connectivity index is 2.08. The van der Waals surface area contributed by atoms with Crippen LogP contribution in [0.4, 0.5) is 0 Å². The Morgan fingerprint density at radius 3 is 2.65 bits per heavy atom. The number of likely N-dealkylation sites (tertiary alicyclic amines) is 1. The second-order valence-corrected chi connectivity index (χ2v) is 5.65. The van der Waals surface area contributed by atoms with Crippen LogP contribution in [0.2, 0.25) is 0 Å². The number of nitrogens with one attached hydrogen (secondary N) is 2. The Bertz CT molecular complexity index is 243. The van der Waals surface area contributed by atoms with Crippen molar-refractivity contribution in [3.63, 3.8) is 0 Å². The van der Waals surface area contributed by atoms with Gasteiger partial charge in [0.1, 0.15) is 0 Å². The minimum absolute atomic E-state index is 0.109. The van der Waals surface area contributed by atoms with Crippen molar-refractivity contribution in [2.24, 2.45) is 11.8 Å². The maximum absolute atomic E-state index is 11.6. The molecule has 2 unspecified atom stereocenters. The Morgan fingerprint density at radius 2 is 2.12 bits per heavy atom. The molecular weight excluding hydrogens is 214 g/mol. The minimum atomic E-state index is 0.109.